The highest BCUT2D eigenvalue weighted by Crippen LogP contribution is 2.22. The number of carbonyl (C=O) groups is 2. The van der Waals surface area contributed by atoms with Crippen LogP contribution in [0.5, 0.6) is 0 Å². The molecule has 28 heavy (non-hydrogen) atoms. The molecule has 3 rings (SSSR count). The van der Waals surface area contributed by atoms with Gasteiger partial charge in [0.2, 0.25) is 11.8 Å². The number of benzene rings is 2. The first-order valence-electron chi connectivity index (χ1n) is 9.99. The molecule has 1 aliphatic heterocycles. The maximum atomic E-state index is 13.0. The van der Waals surface area contributed by atoms with Crippen LogP contribution < -0.4 is 5.32 Å². The summed E-state index contributed by atoms with van der Waals surface area (Å²) in [5, 5.41) is 2.94. The molecule has 148 valence electrons. The SMILES string of the molecule is CCc1ccccc1NC(=O)CN(C)C(=O)C1CCCN1Cc1ccccc1. The van der Waals surface area contributed by atoms with Gasteiger partial charge in [-0.2, -0.15) is 0 Å². The number of rotatable bonds is 7. The number of anilines is 1. The van der Waals surface area contributed by atoms with Gasteiger partial charge >= 0.3 is 0 Å². The van der Waals surface area contributed by atoms with Crippen LogP contribution in [0.1, 0.15) is 30.9 Å². The lowest BCUT2D eigenvalue weighted by molar-refractivity contribution is -0.137. The summed E-state index contributed by atoms with van der Waals surface area (Å²) in [6.45, 7) is 3.80. The van der Waals surface area contributed by atoms with Crippen LogP contribution in [0.3, 0.4) is 0 Å². The van der Waals surface area contributed by atoms with Gasteiger partial charge in [0.15, 0.2) is 0 Å². The van der Waals surface area contributed by atoms with Gasteiger partial charge in [0.1, 0.15) is 0 Å². The van der Waals surface area contributed by atoms with Gasteiger partial charge in [-0.05, 0) is 43.0 Å². The maximum Gasteiger partial charge on any atom is 0.243 e. The molecule has 0 aromatic heterocycles. The van der Waals surface area contributed by atoms with Gasteiger partial charge in [-0.25, -0.2) is 0 Å². The van der Waals surface area contributed by atoms with Gasteiger partial charge in [0.05, 0.1) is 12.6 Å². The third-order valence-corrected chi connectivity index (χ3v) is 5.31. The summed E-state index contributed by atoms with van der Waals surface area (Å²) in [4.78, 5) is 29.2. The average molecular weight is 380 g/mol. The van der Waals surface area contributed by atoms with Gasteiger partial charge in [0.25, 0.3) is 0 Å². The zero-order valence-corrected chi connectivity index (χ0v) is 16.7. The van der Waals surface area contributed by atoms with Crippen LogP contribution in [-0.4, -0.2) is 47.8 Å². The van der Waals surface area contributed by atoms with E-state index in [-0.39, 0.29) is 24.4 Å². The maximum absolute atomic E-state index is 13.0. The highest BCUT2D eigenvalue weighted by atomic mass is 16.2. The summed E-state index contributed by atoms with van der Waals surface area (Å²) >= 11 is 0. The molecule has 1 saturated heterocycles. The minimum atomic E-state index is -0.163. The molecule has 0 aliphatic carbocycles. The first kappa shape index (κ1) is 20.1. The Balaban J connectivity index is 1.58. The molecule has 0 bridgehead atoms. The molecular formula is C23H29N3O2. The lowest BCUT2D eigenvalue weighted by Gasteiger charge is -2.27. The number of hydrogen-bond acceptors (Lipinski definition) is 3. The monoisotopic (exact) mass is 379 g/mol. The number of likely N-dealkylation sites (N-methyl/N-ethyl adjacent to an activating group) is 1. The predicted octanol–water partition coefficient (Wildman–Crippen LogP) is 3.31. The Morgan fingerprint density at radius 2 is 1.82 bits per heavy atom. The van der Waals surface area contributed by atoms with E-state index in [1.54, 1.807) is 11.9 Å². The number of aryl methyl sites for hydroxylation is 1. The molecule has 1 heterocycles. The van der Waals surface area contributed by atoms with Crippen molar-refractivity contribution in [1.82, 2.24) is 9.80 Å². The fourth-order valence-corrected chi connectivity index (χ4v) is 3.80. The number of para-hydroxylation sites is 1. The van der Waals surface area contributed by atoms with E-state index < -0.39 is 0 Å². The van der Waals surface area contributed by atoms with Crippen LogP contribution in [0.25, 0.3) is 0 Å². The molecule has 2 aromatic carbocycles. The number of carbonyl (C=O) groups excluding carboxylic acids is 2. The van der Waals surface area contributed by atoms with E-state index in [4.69, 9.17) is 0 Å². The largest absolute Gasteiger partial charge is 0.335 e. The Morgan fingerprint density at radius 1 is 1.11 bits per heavy atom. The number of hydrogen-bond donors (Lipinski definition) is 1. The molecule has 0 saturated carbocycles. The lowest BCUT2D eigenvalue weighted by Crippen LogP contribution is -2.46. The minimum Gasteiger partial charge on any atom is -0.335 e. The summed E-state index contributed by atoms with van der Waals surface area (Å²) in [5.74, 6) is -0.142. The van der Waals surface area contributed by atoms with E-state index in [0.717, 1.165) is 43.6 Å². The Labute approximate surface area is 167 Å². The van der Waals surface area contributed by atoms with Crippen molar-refractivity contribution < 1.29 is 9.59 Å². The number of nitrogens with zero attached hydrogens (tertiary/aromatic N) is 2. The van der Waals surface area contributed by atoms with Crippen molar-refractivity contribution in [2.75, 3.05) is 25.5 Å². The van der Waals surface area contributed by atoms with Crippen LogP contribution in [0.15, 0.2) is 54.6 Å². The fraction of sp³-hybridized carbons (Fsp3) is 0.391. The molecule has 2 amide bonds. The molecule has 5 heteroatoms. The van der Waals surface area contributed by atoms with Gasteiger partial charge in [-0.15, -0.1) is 0 Å². The molecule has 1 aliphatic rings. The van der Waals surface area contributed by atoms with Gasteiger partial charge in [-0.3, -0.25) is 14.5 Å². The van der Waals surface area contributed by atoms with Crippen LogP contribution in [0, 0.1) is 0 Å². The van der Waals surface area contributed by atoms with Crippen molar-refractivity contribution in [3.05, 3.63) is 65.7 Å². The molecule has 1 unspecified atom stereocenters. The highest BCUT2D eigenvalue weighted by Gasteiger charge is 2.33. The van der Waals surface area contributed by atoms with Crippen molar-refractivity contribution in [1.29, 1.82) is 0 Å². The van der Waals surface area contributed by atoms with Crippen LogP contribution in [0.2, 0.25) is 0 Å². The normalized spacial score (nSPS) is 16.7. The molecule has 2 aromatic rings. The topological polar surface area (TPSA) is 52.7 Å². The summed E-state index contributed by atoms with van der Waals surface area (Å²) in [6.07, 6.45) is 2.70. The zero-order valence-electron chi connectivity index (χ0n) is 16.7. The molecular weight excluding hydrogens is 350 g/mol. The van der Waals surface area contributed by atoms with E-state index in [1.807, 2.05) is 42.5 Å². The molecule has 5 nitrogen and oxygen atoms in total. The van der Waals surface area contributed by atoms with Crippen LogP contribution in [0.4, 0.5) is 5.69 Å². The minimum absolute atomic E-state index is 0.0207. The van der Waals surface area contributed by atoms with Crippen molar-refractivity contribution in [2.24, 2.45) is 0 Å². The Kier molecular flexibility index (Phi) is 6.82. The van der Waals surface area contributed by atoms with E-state index in [2.05, 4.69) is 29.3 Å². The van der Waals surface area contributed by atoms with E-state index in [1.165, 1.54) is 5.56 Å². The van der Waals surface area contributed by atoms with Crippen molar-refractivity contribution >= 4 is 17.5 Å². The zero-order chi connectivity index (χ0) is 19.9. The van der Waals surface area contributed by atoms with Gasteiger partial charge < -0.3 is 10.2 Å². The second kappa shape index (κ2) is 9.51. The third kappa shape index (κ3) is 4.98. The Bertz CT molecular complexity index is 807. The summed E-state index contributed by atoms with van der Waals surface area (Å²) in [7, 11) is 1.71. The molecule has 0 radical (unpaired) electrons. The van der Waals surface area contributed by atoms with Crippen LogP contribution in [-0.2, 0) is 22.6 Å². The quantitative estimate of drug-likeness (QED) is 0.803. The van der Waals surface area contributed by atoms with E-state index in [0.29, 0.717) is 0 Å². The molecule has 0 spiro atoms. The number of likely N-dealkylation sites (tertiary alicyclic amines) is 1. The first-order chi connectivity index (χ1) is 13.6. The van der Waals surface area contributed by atoms with Crippen molar-refractivity contribution in [2.45, 2.75) is 38.8 Å². The standard InChI is InChI=1S/C23H29N3O2/c1-3-19-12-7-8-13-20(19)24-22(27)17-25(2)23(28)21-14-9-15-26(21)16-18-10-5-4-6-11-18/h4-8,10-13,21H,3,9,14-17H2,1-2H3,(H,24,27). The van der Waals surface area contributed by atoms with E-state index >= 15 is 0 Å². The molecule has 1 atom stereocenters. The lowest BCUT2D eigenvalue weighted by atomic mass is 10.1. The third-order valence-electron chi connectivity index (χ3n) is 5.31. The number of nitrogens with one attached hydrogen (secondary N) is 1. The predicted molar refractivity (Wildman–Crippen MR) is 112 cm³/mol. The fourth-order valence-electron chi connectivity index (χ4n) is 3.80. The van der Waals surface area contributed by atoms with E-state index in [9.17, 15) is 9.59 Å². The average Bonchev–Trinajstić information content (AvgIpc) is 3.16. The Hall–Kier alpha value is -2.66. The first-order valence-corrected chi connectivity index (χ1v) is 9.99. The summed E-state index contributed by atoms with van der Waals surface area (Å²) in [6, 6.07) is 17.8. The van der Waals surface area contributed by atoms with Crippen molar-refractivity contribution in [3.63, 3.8) is 0 Å². The van der Waals surface area contributed by atoms with Crippen molar-refractivity contribution in [3.8, 4) is 0 Å². The van der Waals surface area contributed by atoms with Gasteiger partial charge in [-0.1, -0.05) is 55.5 Å². The highest BCUT2D eigenvalue weighted by molar-refractivity contribution is 5.95. The summed E-state index contributed by atoms with van der Waals surface area (Å²) < 4.78 is 0. The second-order valence-electron chi connectivity index (χ2n) is 7.37. The summed E-state index contributed by atoms with van der Waals surface area (Å²) in [5.41, 5.74) is 3.12. The number of amides is 2. The Morgan fingerprint density at radius 3 is 2.57 bits per heavy atom. The van der Waals surface area contributed by atoms with Gasteiger partial charge in [0, 0.05) is 19.3 Å². The molecule has 1 N–H and O–H groups in total. The second-order valence-corrected chi connectivity index (χ2v) is 7.37. The van der Waals surface area contributed by atoms with Crippen LogP contribution >= 0.6 is 0 Å². The smallest absolute Gasteiger partial charge is 0.243 e. The molecule has 1 fully saturated rings.